The lowest BCUT2D eigenvalue weighted by Gasteiger charge is -2.50. The van der Waals surface area contributed by atoms with Crippen molar-refractivity contribution in [3.8, 4) is 0 Å². The van der Waals surface area contributed by atoms with Crippen molar-refractivity contribution >= 4 is 17.7 Å². The van der Waals surface area contributed by atoms with Gasteiger partial charge in [0.25, 0.3) is 11.8 Å². The highest BCUT2D eigenvalue weighted by molar-refractivity contribution is 6.02. The number of hydrogen-bond donors (Lipinski definition) is 2. The molecule has 2 N–H and O–H groups in total. The first-order chi connectivity index (χ1) is 14.3. The molecule has 2 saturated heterocycles. The number of nitrogens with one attached hydrogen (secondary N) is 1. The van der Waals surface area contributed by atoms with Crippen LogP contribution in [0.5, 0.6) is 0 Å². The topological polar surface area (TPSA) is 160 Å². The van der Waals surface area contributed by atoms with Crippen molar-refractivity contribution < 1.29 is 23.9 Å². The van der Waals surface area contributed by atoms with E-state index in [-0.39, 0.29) is 36.6 Å². The third-order valence-corrected chi connectivity index (χ3v) is 5.55. The molecule has 30 heavy (non-hydrogen) atoms. The number of carbonyl (C=O) groups is 3. The molecule has 13 nitrogen and oxygen atoms in total. The summed E-state index contributed by atoms with van der Waals surface area (Å²) in [6.45, 7) is 1.97. The molecule has 2 aliphatic heterocycles. The number of rotatable bonds is 6. The Bertz CT molecular complexity index is 957. The van der Waals surface area contributed by atoms with Gasteiger partial charge in [0, 0.05) is 13.6 Å². The molecule has 3 amide bonds. The Morgan fingerprint density at radius 3 is 2.83 bits per heavy atom. The van der Waals surface area contributed by atoms with E-state index in [9.17, 15) is 19.5 Å². The van der Waals surface area contributed by atoms with Crippen LogP contribution in [0.3, 0.4) is 0 Å². The van der Waals surface area contributed by atoms with Gasteiger partial charge in [0.1, 0.15) is 17.9 Å². The normalized spacial score (nSPS) is 22.8. The van der Waals surface area contributed by atoms with Crippen LogP contribution in [0.15, 0.2) is 17.1 Å². The summed E-state index contributed by atoms with van der Waals surface area (Å²) in [7, 11) is 1.62. The van der Waals surface area contributed by atoms with E-state index in [0.29, 0.717) is 19.4 Å². The molecular formula is C17H22N8O5. The van der Waals surface area contributed by atoms with E-state index < -0.39 is 23.6 Å². The smallest absolute Gasteiger partial charge is 0.292 e. The number of likely N-dealkylation sites (tertiary alicyclic amines) is 2. The molecule has 0 aliphatic carbocycles. The van der Waals surface area contributed by atoms with Gasteiger partial charge in [0.2, 0.25) is 24.0 Å². The number of nitrogens with zero attached hydrogens (tertiary/aromatic N) is 7. The average Bonchev–Trinajstić information content (AvgIpc) is 3.46. The molecule has 13 heteroatoms. The summed E-state index contributed by atoms with van der Waals surface area (Å²) in [5.41, 5.74) is -0.945. The summed E-state index contributed by atoms with van der Waals surface area (Å²) < 4.78 is 6.42. The maximum absolute atomic E-state index is 13.0. The quantitative estimate of drug-likeness (QED) is 0.519. The predicted octanol–water partition coefficient (Wildman–Crippen LogP) is -1.75. The minimum atomic E-state index is -0.970. The number of aromatic nitrogens is 5. The largest absolute Gasteiger partial charge is 0.426 e. The third kappa shape index (κ3) is 3.20. The standard InChI is InChI=1S/C17H22N8O5/c1-10(26)12(14-22-19-9-30-14)21-11(27)6-24-7-17(16(24)29)4-3-5-25(17)15(28)13-18-8-20-23(13)2/h8-10,12,26H,3-7H2,1-2H3,(H,21,27)/t10-,12+,17?/m1/s1. The van der Waals surface area contributed by atoms with Crippen LogP contribution in [0, 0.1) is 0 Å². The van der Waals surface area contributed by atoms with Gasteiger partial charge in [-0.2, -0.15) is 5.10 Å². The summed E-state index contributed by atoms with van der Waals surface area (Å²) in [6, 6.07) is -0.884. The van der Waals surface area contributed by atoms with Gasteiger partial charge < -0.3 is 24.6 Å². The second-order valence-electron chi connectivity index (χ2n) is 7.52. The number of amides is 3. The summed E-state index contributed by atoms with van der Waals surface area (Å²) in [6.07, 6.45) is 2.64. The zero-order valence-corrected chi connectivity index (χ0v) is 16.6. The first-order valence-corrected chi connectivity index (χ1v) is 9.52. The molecule has 0 saturated carbocycles. The minimum absolute atomic E-state index is 0.0704. The van der Waals surface area contributed by atoms with Gasteiger partial charge in [0.15, 0.2) is 0 Å². The van der Waals surface area contributed by atoms with E-state index >= 15 is 0 Å². The Kier molecular flexibility index (Phi) is 4.97. The first-order valence-electron chi connectivity index (χ1n) is 9.52. The van der Waals surface area contributed by atoms with Crippen molar-refractivity contribution in [1.29, 1.82) is 0 Å². The fourth-order valence-corrected chi connectivity index (χ4v) is 4.06. The summed E-state index contributed by atoms with van der Waals surface area (Å²) in [4.78, 5) is 45.2. The molecule has 1 spiro atoms. The molecule has 2 aliphatic rings. The SMILES string of the molecule is C[C@@H](O)[C@H](NC(=O)CN1CC2(CCCN2C(=O)c2ncnn2C)C1=O)c1nnco1. The predicted molar refractivity (Wildman–Crippen MR) is 97.4 cm³/mol. The van der Waals surface area contributed by atoms with Crippen LogP contribution in [0.1, 0.15) is 42.3 Å². The van der Waals surface area contributed by atoms with Gasteiger partial charge in [-0.15, -0.1) is 10.2 Å². The Balaban J connectivity index is 1.40. The van der Waals surface area contributed by atoms with Crippen LogP contribution in [0.4, 0.5) is 0 Å². The van der Waals surface area contributed by atoms with Crippen LogP contribution < -0.4 is 5.32 Å². The van der Waals surface area contributed by atoms with Gasteiger partial charge >= 0.3 is 0 Å². The van der Waals surface area contributed by atoms with Gasteiger partial charge in [0.05, 0.1) is 19.2 Å². The fourth-order valence-electron chi connectivity index (χ4n) is 4.06. The Labute approximate surface area is 171 Å². The second kappa shape index (κ2) is 7.48. The molecule has 0 bridgehead atoms. The molecule has 1 unspecified atom stereocenters. The molecule has 2 fully saturated rings. The lowest BCUT2D eigenvalue weighted by Crippen LogP contribution is -2.73. The van der Waals surface area contributed by atoms with Crippen molar-refractivity contribution in [3.05, 3.63) is 24.4 Å². The van der Waals surface area contributed by atoms with Crippen LogP contribution in [-0.4, -0.2) is 88.9 Å². The minimum Gasteiger partial charge on any atom is -0.426 e. The fraction of sp³-hybridized carbons (Fsp3) is 0.588. The third-order valence-electron chi connectivity index (χ3n) is 5.55. The average molecular weight is 418 g/mol. The molecule has 0 aromatic carbocycles. The van der Waals surface area contributed by atoms with Crippen LogP contribution in [-0.2, 0) is 16.6 Å². The maximum Gasteiger partial charge on any atom is 0.292 e. The van der Waals surface area contributed by atoms with E-state index in [1.165, 1.54) is 27.7 Å². The Hall–Kier alpha value is -3.35. The molecular weight excluding hydrogens is 396 g/mol. The number of hydrogen-bond acceptors (Lipinski definition) is 9. The van der Waals surface area contributed by atoms with Gasteiger partial charge in [-0.1, -0.05) is 0 Å². The van der Waals surface area contributed by atoms with Crippen molar-refractivity contribution in [2.24, 2.45) is 7.05 Å². The Morgan fingerprint density at radius 2 is 2.23 bits per heavy atom. The van der Waals surface area contributed by atoms with Gasteiger partial charge in [-0.3, -0.25) is 14.4 Å². The number of aryl methyl sites for hydroxylation is 1. The molecule has 2 aromatic heterocycles. The van der Waals surface area contributed by atoms with E-state index in [4.69, 9.17) is 4.42 Å². The van der Waals surface area contributed by atoms with Gasteiger partial charge in [-0.25, -0.2) is 9.67 Å². The second-order valence-corrected chi connectivity index (χ2v) is 7.52. The van der Waals surface area contributed by atoms with Crippen LogP contribution in [0.2, 0.25) is 0 Å². The van der Waals surface area contributed by atoms with E-state index in [0.717, 1.165) is 6.39 Å². The molecule has 4 rings (SSSR count). The van der Waals surface area contributed by atoms with Crippen LogP contribution >= 0.6 is 0 Å². The zero-order valence-electron chi connectivity index (χ0n) is 16.6. The highest BCUT2D eigenvalue weighted by Gasteiger charge is 2.60. The van der Waals surface area contributed by atoms with Crippen molar-refractivity contribution in [2.45, 2.75) is 37.5 Å². The van der Waals surface area contributed by atoms with Crippen molar-refractivity contribution in [2.75, 3.05) is 19.6 Å². The number of aliphatic hydroxyl groups is 1. The highest BCUT2D eigenvalue weighted by Crippen LogP contribution is 2.39. The molecule has 4 heterocycles. The summed E-state index contributed by atoms with van der Waals surface area (Å²) in [5.74, 6) is -0.875. The maximum atomic E-state index is 13.0. The highest BCUT2D eigenvalue weighted by atomic mass is 16.4. The number of β-lactam (4-membered cyclic amide) rings is 1. The number of aliphatic hydroxyl groups excluding tert-OH is 1. The van der Waals surface area contributed by atoms with E-state index in [2.05, 4.69) is 25.6 Å². The molecule has 160 valence electrons. The number of carbonyl (C=O) groups excluding carboxylic acids is 3. The van der Waals surface area contributed by atoms with E-state index in [1.54, 1.807) is 7.05 Å². The van der Waals surface area contributed by atoms with Crippen molar-refractivity contribution in [3.63, 3.8) is 0 Å². The Morgan fingerprint density at radius 1 is 1.43 bits per heavy atom. The first kappa shape index (κ1) is 19.9. The monoisotopic (exact) mass is 418 g/mol. The molecule has 0 radical (unpaired) electrons. The lowest BCUT2D eigenvalue weighted by atomic mass is 9.85. The van der Waals surface area contributed by atoms with E-state index in [1.807, 2.05) is 0 Å². The van der Waals surface area contributed by atoms with Crippen molar-refractivity contribution in [1.82, 2.24) is 40.1 Å². The van der Waals surface area contributed by atoms with Gasteiger partial charge in [-0.05, 0) is 19.8 Å². The van der Waals surface area contributed by atoms with Crippen LogP contribution in [0.25, 0.3) is 0 Å². The summed E-state index contributed by atoms with van der Waals surface area (Å²) in [5, 5.41) is 23.6. The molecule has 2 aromatic rings. The molecule has 3 atom stereocenters. The summed E-state index contributed by atoms with van der Waals surface area (Å²) >= 11 is 0. The lowest BCUT2D eigenvalue weighted by molar-refractivity contribution is -0.161. The zero-order chi connectivity index (χ0) is 21.5.